The van der Waals surface area contributed by atoms with Crippen molar-refractivity contribution in [2.45, 2.75) is 25.7 Å². The normalized spacial score (nSPS) is 16.7. The Morgan fingerprint density at radius 1 is 0.971 bits per heavy atom. The summed E-state index contributed by atoms with van der Waals surface area (Å²) in [5.74, 6) is 0.357. The van der Waals surface area contributed by atoms with Crippen LogP contribution in [0.1, 0.15) is 36.2 Å². The van der Waals surface area contributed by atoms with Gasteiger partial charge in [0.25, 0.3) is 11.5 Å². The van der Waals surface area contributed by atoms with Crippen molar-refractivity contribution in [2.75, 3.05) is 33.3 Å². The van der Waals surface area contributed by atoms with E-state index in [2.05, 4.69) is 9.97 Å². The van der Waals surface area contributed by atoms with E-state index in [1.165, 1.54) is 11.7 Å². The Balaban J connectivity index is 1.46. The van der Waals surface area contributed by atoms with Gasteiger partial charge in [0.2, 0.25) is 5.91 Å². The number of amides is 2. The minimum absolute atomic E-state index is 0.116. The maximum Gasteiger partial charge on any atom is 0.288 e. The molecule has 0 bridgehead atoms. The summed E-state index contributed by atoms with van der Waals surface area (Å²) in [6.07, 6.45) is 5.70. The highest BCUT2D eigenvalue weighted by molar-refractivity contribution is 5.94. The number of hydrogen-bond donors (Lipinski definition) is 0. The van der Waals surface area contributed by atoms with Gasteiger partial charge in [0, 0.05) is 38.3 Å². The molecule has 0 radical (unpaired) electrons. The van der Waals surface area contributed by atoms with E-state index in [1.54, 1.807) is 41.4 Å². The van der Waals surface area contributed by atoms with Crippen LogP contribution in [0.5, 0.6) is 5.75 Å². The first-order valence-corrected chi connectivity index (χ1v) is 11.7. The third-order valence-electron chi connectivity index (χ3n) is 6.73. The van der Waals surface area contributed by atoms with Gasteiger partial charge >= 0.3 is 0 Å². The SMILES string of the molecule is COc1ccccc1-n1c(=O)c(C(=O)N2CCN(C(=O)C3CCCC3)CC2)nc2cccnc21. The van der Waals surface area contributed by atoms with Gasteiger partial charge in [-0.25, -0.2) is 9.97 Å². The molecule has 0 spiro atoms. The maximum absolute atomic E-state index is 13.6. The van der Waals surface area contributed by atoms with Gasteiger partial charge in [-0.15, -0.1) is 0 Å². The molecule has 3 aromatic rings. The number of methoxy groups -OCH3 is 1. The lowest BCUT2D eigenvalue weighted by molar-refractivity contribution is -0.136. The Morgan fingerprint density at radius 2 is 1.68 bits per heavy atom. The van der Waals surface area contributed by atoms with Crippen LogP contribution in [0.3, 0.4) is 0 Å². The van der Waals surface area contributed by atoms with Crippen molar-refractivity contribution in [1.82, 2.24) is 24.3 Å². The van der Waals surface area contributed by atoms with Crippen LogP contribution >= 0.6 is 0 Å². The molecule has 9 heteroatoms. The number of benzene rings is 1. The minimum Gasteiger partial charge on any atom is -0.495 e. The van der Waals surface area contributed by atoms with Gasteiger partial charge in [-0.2, -0.15) is 0 Å². The predicted molar refractivity (Wildman–Crippen MR) is 126 cm³/mol. The second-order valence-corrected chi connectivity index (χ2v) is 8.72. The molecular formula is C25H27N5O4. The van der Waals surface area contributed by atoms with Gasteiger partial charge in [0.15, 0.2) is 11.3 Å². The summed E-state index contributed by atoms with van der Waals surface area (Å²) in [7, 11) is 1.53. The molecular weight excluding hydrogens is 434 g/mol. The number of pyridine rings is 1. The molecule has 0 unspecified atom stereocenters. The minimum atomic E-state index is -0.551. The quantitative estimate of drug-likeness (QED) is 0.591. The number of aromatic nitrogens is 3. The first-order chi connectivity index (χ1) is 16.6. The second-order valence-electron chi connectivity index (χ2n) is 8.72. The molecule has 2 amide bonds. The molecule has 2 fully saturated rings. The molecule has 1 aliphatic heterocycles. The van der Waals surface area contributed by atoms with Crippen molar-refractivity contribution in [2.24, 2.45) is 5.92 Å². The average Bonchev–Trinajstić information content (AvgIpc) is 3.43. The van der Waals surface area contributed by atoms with E-state index in [0.717, 1.165) is 25.7 Å². The Morgan fingerprint density at radius 3 is 2.41 bits per heavy atom. The summed E-state index contributed by atoms with van der Waals surface area (Å²) < 4.78 is 6.84. The maximum atomic E-state index is 13.6. The lowest BCUT2D eigenvalue weighted by Crippen LogP contribution is -2.52. The number of para-hydroxylation sites is 2. The molecule has 2 aromatic heterocycles. The van der Waals surface area contributed by atoms with Crippen molar-refractivity contribution in [3.63, 3.8) is 0 Å². The molecule has 0 atom stereocenters. The zero-order valence-electron chi connectivity index (χ0n) is 19.1. The van der Waals surface area contributed by atoms with E-state index in [0.29, 0.717) is 48.8 Å². The summed E-state index contributed by atoms with van der Waals surface area (Å²) in [5, 5.41) is 0. The molecule has 176 valence electrons. The number of piperazine rings is 1. The number of carbonyl (C=O) groups is 2. The number of hydrogen-bond acceptors (Lipinski definition) is 6. The summed E-state index contributed by atoms with van der Waals surface area (Å²) >= 11 is 0. The van der Waals surface area contributed by atoms with Crippen LogP contribution in [0, 0.1) is 5.92 Å². The Bertz CT molecular complexity index is 1290. The molecule has 9 nitrogen and oxygen atoms in total. The highest BCUT2D eigenvalue weighted by atomic mass is 16.5. The Kier molecular flexibility index (Phi) is 6.00. The van der Waals surface area contributed by atoms with Gasteiger partial charge < -0.3 is 14.5 Å². The van der Waals surface area contributed by atoms with Crippen LogP contribution in [0.25, 0.3) is 16.9 Å². The molecule has 34 heavy (non-hydrogen) atoms. The predicted octanol–water partition coefficient (Wildman–Crippen LogP) is 2.26. The fourth-order valence-electron chi connectivity index (χ4n) is 4.91. The third-order valence-corrected chi connectivity index (χ3v) is 6.73. The van der Waals surface area contributed by atoms with Gasteiger partial charge in [-0.3, -0.25) is 19.0 Å². The number of ether oxygens (including phenoxy) is 1. The number of carbonyl (C=O) groups excluding carboxylic acids is 2. The number of rotatable bonds is 4. The largest absolute Gasteiger partial charge is 0.495 e. The molecule has 0 N–H and O–H groups in total. The monoisotopic (exact) mass is 461 g/mol. The van der Waals surface area contributed by atoms with Crippen LogP contribution in [0.2, 0.25) is 0 Å². The van der Waals surface area contributed by atoms with Crippen molar-refractivity contribution in [3.05, 3.63) is 58.6 Å². The number of fused-ring (bicyclic) bond motifs is 1. The summed E-state index contributed by atoms with van der Waals surface area (Å²) in [6.45, 7) is 1.68. The zero-order chi connectivity index (χ0) is 23.7. The third kappa shape index (κ3) is 3.91. The smallest absolute Gasteiger partial charge is 0.288 e. The van der Waals surface area contributed by atoms with Gasteiger partial charge in [-0.1, -0.05) is 25.0 Å². The number of nitrogens with zero attached hydrogens (tertiary/aromatic N) is 5. The molecule has 3 heterocycles. The van der Waals surface area contributed by atoms with Crippen LogP contribution in [-0.4, -0.2) is 69.4 Å². The summed E-state index contributed by atoms with van der Waals surface area (Å²) in [4.78, 5) is 52.0. The van der Waals surface area contributed by atoms with E-state index in [4.69, 9.17) is 4.74 Å². The van der Waals surface area contributed by atoms with Crippen molar-refractivity contribution < 1.29 is 14.3 Å². The molecule has 2 aliphatic rings. The van der Waals surface area contributed by atoms with E-state index in [-0.39, 0.29) is 17.5 Å². The molecule has 1 saturated heterocycles. The first kappa shape index (κ1) is 22.1. The summed E-state index contributed by atoms with van der Waals surface area (Å²) in [5.41, 5.74) is 0.557. The van der Waals surface area contributed by atoms with Crippen LogP contribution in [0.15, 0.2) is 47.4 Å². The highest BCUT2D eigenvalue weighted by Crippen LogP contribution is 2.27. The average molecular weight is 462 g/mol. The highest BCUT2D eigenvalue weighted by Gasteiger charge is 2.32. The first-order valence-electron chi connectivity index (χ1n) is 11.7. The fraction of sp³-hybridized carbons (Fsp3) is 0.400. The zero-order valence-corrected chi connectivity index (χ0v) is 19.1. The fourth-order valence-corrected chi connectivity index (χ4v) is 4.91. The van der Waals surface area contributed by atoms with Crippen LogP contribution < -0.4 is 10.3 Å². The van der Waals surface area contributed by atoms with E-state index < -0.39 is 11.5 Å². The summed E-state index contributed by atoms with van der Waals surface area (Å²) in [6, 6.07) is 10.5. The van der Waals surface area contributed by atoms with Crippen molar-refractivity contribution >= 4 is 23.0 Å². The molecule has 1 aromatic carbocycles. The van der Waals surface area contributed by atoms with Gasteiger partial charge in [0.1, 0.15) is 11.3 Å². The molecule has 5 rings (SSSR count). The van der Waals surface area contributed by atoms with E-state index in [1.807, 2.05) is 11.0 Å². The standard InChI is InChI=1S/C25H27N5O4/c1-34-20-11-5-4-10-19(20)30-22-18(9-6-12-26-22)27-21(25(30)33)24(32)29-15-13-28(14-16-29)23(31)17-7-2-3-8-17/h4-6,9-12,17H,2-3,7-8,13-16H2,1H3. The molecule has 1 saturated carbocycles. The van der Waals surface area contributed by atoms with Crippen molar-refractivity contribution in [3.8, 4) is 11.4 Å². The van der Waals surface area contributed by atoms with Crippen LogP contribution in [-0.2, 0) is 4.79 Å². The van der Waals surface area contributed by atoms with Crippen molar-refractivity contribution in [1.29, 1.82) is 0 Å². The van der Waals surface area contributed by atoms with Crippen LogP contribution in [0.4, 0.5) is 0 Å². The Labute approximate surface area is 197 Å². The topological polar surface area (TPSA) is 97.6 Å². The van der Waals surface area contributed by atoms with Gasteiger partial charge in [0.05, 0.1) is 12.8 Å². The second kappa shape index (κ2) is 9.24. The van der Waals surface area contributed by atoms with E-state index >= 15 is 0 Å². The molecule has 1 aliphatic carbocycles. The lowest BCUT2D eigenvalue weighted by atomic mass is 10.1. The Hall–Kier alpha value is -3.75. The van der Waals surface area contributed by atoms with Gasteiger partial charge in [-0.05, 0) is 37.1 Å². The van der Waals surface area contributed by atoms with E-state index in [9.17, 15) is 14.4 Å². The lowest BCUT2D eigenvalue weighted by Gasteiger charge is -2.35.